The van der Waals surface area contributed by atoms with Gasteiger partial charge in [-0.1, -0.05) is 26.0 Å². The fourth-order valence-electron chi connectivity index (χ4n) is 1.94. The number of hydrogen-bond acceptors (Lipinski definition) is 3. The maximum absolute atomic E-state index is 13.1. The minimum absolute atomic E-state index is 0.422. The molecule has 0 heterocycles. The smallest absolute Gasteiger partial charge is 0.325 e. The summed E-state index contributed by atoms with van der Waals surface area (Å²) < 4.78 is 13.1. The molecule has 0 aliphatic heterocycles. The van der Waals surface area contributed by atoms with Crippen LogP contribution >= 0.6 is 0 Å². The van der Waals surface area contributed by atoms with Crippen molar-refractivity contribution in [2.24, 2.45) is 0 Å². The summed E-state index contributed by atoms with van der Waals surface area (Å²) in [5, 5.41) is 12.2. The van der Waals surface area contributed by atoms with Gasteiger partial charge in [-0.15, -0.1) is 0 Å². The molecule has 1 atom stereocenters. The van der Waals surface area contributed by atoms with E-state index in [0.29, 0.717) is 12.1 Å². The van der Waals surface area contributed by atoms with Crippen molar-refractivity contribution in [2.45, 2.75) is 19.9 Å². The average Bonchev–Trinajstić information content (AvgIpc) is 2.38. The van der Waals surface area contributed by atoms with E-state index in [0.717, 1.165) is 19.6 Å². The average molecular weight is 268 g/mol. The number of rotatable bonds is 8. The van der Waals surface area contributed by atoms with Crippen LogP contribution in [0.5, 0.6) is 0 Å². The molecule has 0 aliphatic rings. The molecule has 1 unspecified atom stereocenters. The number of likely N-dealkylation sites (N-methyl/N-ethyl adjacent to an activating group) is 1. The fourth-order valence-corrected chi connectivity index (χ4v) is 1.94. The van der Waals surface area contributed by atoms with E-state index in [1.807, 2.05) is 0 Å². The largest absolute Gasteiger partial charge is 0.480 e. The van der Waals surface area contributed by atoms with Gasteiger partial charge in [-0.2, -0.15) is 0 Å². The Balaban J connectivity index is 2.62. The second-order valence-electron chi connectivity index (χ2n) is 4.31. The predicted octanol–water partition coefficient (Wildman–Crippen LogP) is 1.88. The fraction of sp³-hybridized carbons (Fsp3) is 0.500. The van der Waals surface area contributed by atoms with Crippen molar-refractivity contribution in [2.75, 3.05) is 26.2 Å². The summed E-state index contributed by atoms with van der Waals surface area (Å²) in [6.07, 6.45) is 0. The second-order valence-corrected chi connectivity index (χ2v) is 4.31. The number of nitrogens with zero attached hydrogens (tertiary/aromatic N) is 1. The summed E-state index contributed by atoms with van der Waals surface area (Å²) in [6, 6.07) is 4.83. The zero-order chi connectivity index (χ0) is 14.3. The molecule has 1 rings (SSSR count). The molecule has 5 heteroatoms. The first-order chi connectivity index (χ1) is 9.08. The van der Waals surface area contributed by atoms with E-state index in [1.54, 1.807) is 6.07 Å². The standard InChI is InChI=1S/C14H21FN2O2/c1-3-17(4-2)9-8-16-13(14(18)19)11-6-5-7-12(15)10-11/h5-7,10,13,16H,3-4,8-9H2,1-2H3,(H,18,19). The molecule has 0 saturated carbocycles. The highest BCUT2D eigenvalue weighted by Gasteiger charge is 2.19. The van der Waals surface area contributed by atoms with E-state index in [1.165, 1.54) is 18.2 Å². The highest BCUT2D eigenvalue weighted by atomic mass is 19.1. The van der Waals surface area contributed by atoms with Crippen LogP contribution < -0.4 is 5.32 Å². The van der Waals surface area contributed by atoms with Crippen LogP contribution in [0.4, 0.5) is 4.39 Å². The van der Waals surface area contributed by atoms with Gasteiger partial charge in [0.05, 0.1) is 0 Å². The molecular formula is C14H21FN2O2. The highest BCUT2D eigenvalue weighted by molar-refractivity contribution is 5.75. The molecule has 0 aromatic heterocycles. The Kier molecular flexibility index (Phi) is 6.45. The Labute approximate surface area is 113 Å². The normalized spacial score (nSPS) is 12.6. The Morgan fingerprint density at radius 3 is 2.63 bits per heavy atom. The lowest BCUT2D eigenvalue weighted by molar-refractivity contribution is -0.139. The van der Waals surface area contributed by atoms with Gasteiger partial charge in [-0.05, 0) is 30.8 Å². The van der Waals surface area contributed by atoms with E-state index >= 15 is 0 Å². The summed E-state index contributed by atoms with van der Waals surface area (Å²) in [4.78, 5) is 13.4. The van der Waals surface area contributed by atoms with Crippen LogP contribution in [0.15, 0.2) is 24.3 Å². The lowest BCUT2D eigenvalue weighted by Gasteiger charge is -2.20. The maximum Gasteiger partial charge on any atom is 0.325 e. The SMILES string of the molecule is CCN(CC)CCNC(C(=O)O)c1cccc(F)c1. The molecule has 19 heavy (non-hydrogen) atoms. The molecule has 0 fully saturated rings. The molecule has 0 spiro atoms. The van der Waals surface area contributed by atoms with Crippen molar-refractivity contribution in [3.05, 3.63) is 35.6 Å². The van der Waals surface area contributed by atoms with Crippen molar-refractivity contribution in [3.63, 3.8) is 0 Å². The Hall–Kier alpha value is -1.46. The first-order valence-electron chi connectivity index (χ1n) is 6.52. The molecule has 1 aromatic carbocycles. The van der Waals surface area contributed by atoms with E-state index in [2.05, 4.69) is 24.1 Å². The number of halogens is 1. The summed E-state index contributed by atoms with van der Waals surface area (Å²) >= 11 is 0. The van der Waals surface area contributed by atoms with E-state index in [-0.39, 0.29) is 0 Å². The van der Waals surface area contributed by atoms with Crippen molar-refractivity contribution in [3.8, 4) is 0 Å². The predicted molar refractivity (Wildman–Crippen MR) is 72.6 cm³/mol. The number of carboxylic acids is 1. The number of hydrogen-bond donors (Lipinski definition) is 2. The van der Waals surface area contributed by atoms with E-state index in [9.17, 15) is 14.3 Å². The lowest BCUT2D eigenvalue weighted by Crippen LogP contribution is -2.36. The highest BCUT2D eigenvalue weighted by Crippen LogP contribution is 2.14. The zero-order valence-electron chi connectivity index (χ0n) is 11.4. The first-order valence-corrected chi connectivity index (χ1v) is 6.52. The summed E-state index contributed by atoms with van der Waals surface area (Å²) in [5.74, 6) is -1.42. The van der Waals surface area contributed by atoms with Crippen LogP contribution in [-0.4, -0.2) is 42.2 Å². The van der Waals surface area contributed by atoms with Gasteiger partial charge in [0.15, 0.2) is 0 Å². The van der Waals surface area contributed by atoms with Crippen molar-refractivity contribution in [1.82, 2.24) is 10.2 Å². The minimum atomic E-state index is -0.995. The van der Waals surface area contributed by atoms with Gasteiger partial charge in [-0.3, -0.25) is 10.1 Å². The summed E-state index contributed by atoms with van der Waals surface area (Å²) in [5.41, 5.74) is 0.437. The van der Waals surface area contributed by atoms with Crippen molar-refractivity contribution >= 4 is 5.97 Å². The third-order valence-electron chi connectivity index (χ3n) is 3.10. The summed E-state index contributed by atoms with van der Waals surface area (Å²) in [7, 11) is 0. The Morgan fingerprint density at radius 2 is 2.11 bits per heavy atom. The molecule has 0 saturated heterocycles. The lowest BCUT2D eigenvalue weighted by atomic mass is 10.1. The van der Waals surface area contributed by atoms with Gasteiger partial charge in [0.2, 0.25) is 0 Å². The van der Waals surface area contributed by atoms with Gasteiger partial charge in [0, 0.05) is 13.1 Å². The van der Waals surface area contributed by atoms with Crippen LogP contribution in [0.3, 0.4) is 0 Å². The zero-order valence-corrected chi connectivity index (χ0v) is 11.4. The molecule has 0 radical (unpaired) electrons. The topological polar surface area (TPSA) is 52.6 Å². The molecule has 4 nitrogen and oxygen atoms in total. The monoisotopic (exact) mass is 268 g/mol. The van der Waals surface area contributed by atoms with Crippen LogP contribution in [0, 0.1) is 5.82 Å². The number of carbonyl (C=O) groups is 1. The van der Waals surface area contributed by atoms with Crippen molar-refractivity contribution < 1.29 is 14.3 Å². The minimum Gasteiger partial charge on any atom is -0.480 e. The Bertz CT molecular complexity index is 408. The Morgan fingerprint density at radius 1 is 1.42 bits per heavy atom. The number of aliphatic carboxylic acids is 1. The molecule has 0 amide bonds. The molecule has 2 N–H and O–H groups in total. The van der Waals surface area contributed by atoms with Crippen molar-refractivity contribution in [1.29, 1.82) is 0 Å². The number of benzene rings is 1. The summed E-state index contributed by atoms with van der Waals surface area (Å²) in [6.45, 7) is 7.29. The van der Waals surface area contributed by atoms with E-state index < -0.39 is 17.8 Å². The molecule has 106 valence electrons. The quantitative estimate of drug-likeness (QED) is 0.756. The molecular weight excluding hydrogens is 247 g/mol. The molecule has 0 aliphatic carbocycles. The van der Waals surface area contributed by atoms with Gasteiger partial charge in [-0.25, -0.2) is 4.39 Å². The third kappa shape index (κ3) is 4.96. The van der Waals surface area contributed by atoms with Gasteiger partial charge in [0.1, 0.15) is 11.9 Å². The van der Waals surface area contributed by atoms with Gasteiger partial charge < -0.3 is 10.0 Å². The number of nitrogens with one attached hydrogen (secondary N) is 1. The molecule has 1 aromatic rings. The van der Waals surface area contributed by atoms with Crippen LogP contribution in [0.25, 0.3) is 0 Å². The second kappa shape index (κ2) is 7.86. The molecule has 0 bridgehead atoms. The first kappa shape index (κ1) is 15.6. The maximum atomic E-state index is 13.1. The van der Waals surface area contributed by atoms with E-state index in [4.69, 9.17) is 0 Å². The van der Waals surface area contributed by atoms with Gasteiger partial charge in [0.25, 0.3) is 0 Å². The van der Waals surface area contributed by atoms with Gasteiger partial charge >= 0.3 is 5.97 Å². The number of carboxylic acid groups (broad SMARTS) is 1. The third-order valence-corrected chi connectivity index (χ3v) is 3.10. The van der Waals surface area contributed by atoms with Crippen LogP contribution in [0.2, 0.25) is 0 Å². The van der Waals surface area contributed by atoms with Crippen LogP contribution in [0.1, 0.15) is 25.5 Å². The van der Waals surface area contributed by atoms with Crippen LogP contribution in [-0.2, 0) is 4.79 Å².